The van der Waals surface area contributed by atoms with Gasteiger partial charge < -0.3 is 0 Å². The number of para-hydroxylation sites is 1. The van der Waals surface area contributed by atoms with Gasteiger partial charge in [-0.3, -0.25) is 10.2 Å². The summed E-state index contributed by atoms with van der Waals surface area (Å²) in [5.41, 5.74) is 5.89. The van der Waals surface area contributed by atoms with Crippen molar-refractivity contribution in [2.45, 2.75) is 0 Å². The number of ketones is 1. The maximum absolute atomic E-state index is 12.3. The molecule has 0 saturated carbocycles. The molecule has 3 heteroatoms. The number of carbonyl (C=O) groups excluding carboxylic acids is 1. The van der Waals surface area contributed by atoms with Gasteiger partial charge in [0.25, 0.3) is 0 Å². The standard InChI is InChI=1S/C16H12N2O/c19-16(13-7-2-1-3-8-13)15-11-10-12-6-4-5-9-14(12)17-18-15/h1-11,17H. The molecule has 92 valence electrons. The number of anilines is 1. The zero-order chi connectivity index (χ0) is 13.1. The Hall–Kier alpha value is -2.68. The molecule has 0 amide bonds. The Morgan fingerprint density at radius 2 is 1.63 bits per heavy atom. The number of Topliss-reactive ketones (excluding diaryl/α,β-unsaturated/α-hetero) is 1. The van der Waals surface area contributed by atoms with E-state index in [2.05, 4.69) is 10.5 Å². The Morgan fingerprint density at radius 1 is 0.895 bits per heavy atom. The van der Waals surface area contributed by atoms with Crippen molar-refractivity contribution in [1.29, 1.82) is 0 Å². The molecule has 2 aromatic carbocycles. The van der Waals surface area contributed by atoms with Gasteiger partial charge in [-0.25, -0.2) is 0 Å². The Kier molecular flexibility index (Phi) is 2.94. The van der Waals surface area contributed by atoms with Crippen LogP contribution in [0.15, 0.2) is 65.8 Å². The summed E-state index contributed by atoms with van der Waals surface area (Å²) >= 11 is 0. The zero-order valence-electron chi connectivity index (χ0n) is 10.2. The first-order valence-corrected chi connectivity index (χ1v) is 6.05. The first kappa shape index (κ1) is 11.4. The van der Waals surface area contributed by atoms with Crippen molar-refractivity contribution in [3.63, 3.8) is 0 Å². The molecule has 0 aliphatic carbocycles. The van der Waals surface area contributed by atoms with E-state index in [1.54, 1.807) is 18.2 Å². The summed E-state index contributed by atoms with van der Waals surface area (Å²) in [4.78, 5) is 12.3. The number of allylic oxidation sites excluding steroid dienone is 1. The summed E-state index contributed by atoms with van der Waals surface area (Å²) in [6, 6.07) is 16.9. The number of hydrogen-bond donors (Lipinski definition) is 1. The van der Waals surface area contributed by atoms with Gasteiger partial charge in [-0.15, -0.1) is 0 Å². The fourth-order valence-electron chi connectivity index (χ4n) is 1.93. The first-order valence-electron chi connectivity index (χ1n) is 6.05. The SMILES string of the molecule is O=C(C1=NNc2ccccc2C=C1)c1ccccc1. The summed E-state index contributed by atoms with van der Waals surface area (Å²) in [7, 11) is 0. The van der Waals surface area contributed by atoms with Crippen molar-refractivity contribution in [3.05, 3.63) is 71.8 Å². The Bertz CT molecular complexity index is 672. The van der Waals surface area contributed by atoms with E-state index in [9.17, 15) is 4.79 Å². The van der Waals surface area contributed by atoms with Crippen LogP contribution in [-0.4, -0.2) is 11.5 Å². The van der Waals surface area contributed by atoms with Gasteiger partial charge in [-0.1, -0.05) is 54.6 Å². The Balaban J connectivity index is 1.93. The summed E-state index contributed by atoms with van der Waals surface area (Å²) in [5, 5.41) is 4.17. The van der Waals surface area contributed by atoms with Gasteiger partial charge in [0.05, 0.1) is 5.69 Å². The van der Waals surface area contributed by atoms with Crippen LogP contribution >= 0.6 is 0 Å². The number of fused-ring (bicyclic) bond motifs is 1. The molecule has 0 atom stereocenters. The van der Waals surface area contributed by atoms with Crippen molar-refractivity contribution in [3.8, 4) is 0 Å². The van der Waals surface area contributed by atoms with Crippen LogP contribution in [0.2, 0.25) is 0 Å². The summed E-state index contributed by atoms with van der Waals surface area (Å²) in [6.07, 6.45) is 3.64. The minimum Gasteiger partial charge on any atom is -0.287 e. The average Bonchev–Trinajstić information content (AvgIpc) is 2.70. The second-order valence-electron chi connectivity index (χ2n) is 4.22. The third kappa shape index (κ3) is 2.31. The largest absolute Gasteiger partial charge is 0.287 e. The lowest BCUT2D eigenvalue weighted by Gasteiger charge is -2.02. The van der Waals surface area contributed by atoms with Gasteiger partial charge in [0, 0.05) is 5.56 Å². The van der Waals surface area contributed by atoms with Crippen LogP contribution in [0.25, 0.3) is 6.08 Å². The number of carbonyl (C=O) groups is 1. The average molecular weight is 248 g/mol. The van der Waals surface area contributed by atoms with E-state index in [1.165, 1.54) is 0 Å². The molecule has 0 aromatic heterocycles. The van der Waals surface area contributed by atoms with Crippen molar-refractivity contribution in [1.82, 2.24) is 0 Å². The van der Waals surface area contributed by atoms with Crippen LogP contribution in [0, 0.1) is 0 Å². The van der Waals surface area contributed by atoms with Gasteiger partial charge in [0.2, 0.25) is 5.78 Å². The van der Waals surface area contributed by atoms with E-state index in [0.29, 0.717) is 11.3 Å². The maximum Gasteiger partial charge on any atom is 0.213 e. The number of nitrogens with one attached hydrogen (secondary N) is 1. The van der Waals surface area contributed by atoms with Crippen molar-refractivity contribution in [2.75, 3.05) is 5.43 Å². The second kappa shape index (κ2) is 4.90. The summed E-state index contributed by atoms with van der Waals surface area (Å²) in [5.74, 6) is -0.0860. The fraction of sp³-hybridized carbons (Fsp3) is 0. The number of benzene rings is 2. The van der Waals surface area contributed by atoms with E-state index in [0.717, 1.165) is 11.3 Å². The monoisotopic (exact) mass is 248 g/mol. The third-order valence-electron chi connectivity index (χ3n) is 2.95. The Morgan fingerprint density at radius 3 is 2.47 bits per heavy atom. The minimum absolute atomic E-state index is 0.0860. The van der Waals surface area contributed by atoms with Gasteiger partial charge >= 0.3 is 0 Å². The number of rotatable bonds is 2. The van der Waals surface area contributed by atoms with Gasteiger partial charge in [-0.2, -0.15) is 5.10 Å². The van der Waals surface area contributed by atoms with Gasteiger partial charge in [0.15, 0.2) is 0 Å². The van der Waals surface area contributed by atoms with E-state index in [-0.39, 0.29) is 5.78 Å². The molecule has 0 unspecified atom stereocenters. The normalized spacial score (nSPS) is 12.9. The van der Waals surface area contributed by atoms with E-state index in [1.807, 2.05) is 48.5 Å². The second-order valence-corrected chi connectivity index (χ2v) is 4.22. The van der Waals surface area contributed by atoms with Crippen LogP contribution in [0.1, 0.15) is 15.9 Å². The van der Waals surface area contributed by atoms with E-state index in [4.69, 9.17) is 0 Å². The summed E-state index contributed by atoms with van der Waals surface area (Å²) in [6.45, 7) is 0. The highest BCUT2D eigenvalue weighted by Gasteiger charge is 2.13. The lowest BCUT2D eigenvalue weighted by Crippen LogP contribution is -2.12. The molecule has 1 aliphatic heterocycles. The van der Waals surface area contributed by atoms with Crippen LogP contribution in [0.3, 0.4) is 0 Å². The molecule has 3 rings (SSSR count). The van der Waals surface area contributed by atoms with Crippen molar-refractivity contribution >= 4 is 23.3 Å². The number of hydrazone groups is 1. The molecule has 1 N–H and O–H groups in total. The zero-order valence-corrected chi connectivity index (χ0v) is 10.2. The quantitative estimate of drug-likeness (QED) is 0.828. The van der Waals surface area contributed by atoms with Crippen molar-refractivity contribution in [2.24, 2.45) is 5.10 Å². The van der Waals surface area contributed by atoms with Crippen LogP contribution < -0.4 is 5.43 Å². The van der Waals surface area contributed by atoms with Crippen molar-refractivity contribution < 1.29 is 4.79 Å². The highest BCUT2D eigenvalue weighted by molar-refractivity contribution is 6.50. The van der Waals surface area contributed by atoms with Crippen LogP contribution in [0.5, 0.6) is 0 Å². The predicted molar refractivity (Wildman–Crippen MR) is 77.3 cm³/mol. The van der Waals surface area contributed by atoms with Crippen LogP contribution in [-0.2, 0) is 0 Å². The topological polar surface area (TPSA) is 41.5 Å². The highest BCUT2D eigenvalue weighted by atomic mass is 16.1. The van der Waals surface area contributed by atoms with Gasteiger partial charge in [-0.05, 0) is 17.7 Å². The lowest BCUT2D eigenvalue weighted by molar-refractivity contribution is 0.106. The molecule has 3 nitrogen and oxygen atoms in total. The highest BCUT2D eigenvalue weighted by Crippen LogP contribution is 2.19. The van der Waals surface area contributed by atoms with E-state index >= 15 is 0 Å². The molecule has 0 spiro atoms. The smallest absolute Gasteiger partial charge is 0.213 e. The predicted octanol–water partition coefficient (Wildman–Crippen LogP) is 3.36. The molecule has 1 heterocycles. The number of nitrogens with zero attached hydrogens (tertiary/aromatic N) is 1. The molecule has 0 radical (unpaired) electrons. The maximum atomic E-state index is 12.3. The molecular weight excluding hydrogens is 236 g/mol. The molecule has 0 bridgehead atoms. The van der Waals surface area contributed by atoms with Crippen LogP contribution in [0.4, 0.5) is 5.69 Å². The molecule has 2 aromatic rings. The first-order chi connectivity index (χ1) is 9.34. The third-order valence-corrected chi connectivity index (χ3v) is 2.95. The fourth-order valence-corrected chi connectivity index (χ4v) is 1.93. The van der Waals surface area contributed by atoms with Gasteiger partial charge in [0.1, 0.15) is 5.71 Å². The summed E-state index contributed by atoms with van der Waals surface area (Å²) < 4.78 is 0. The molecule has 0 saturated heterocycles. The molecule has 0 fully saturated rings. The number of hydrogen-bond acceptors (Lipinski definition) is 3. The Labute approximate surface area is 111 Å². The lowest BCUT2D eigenvalue weighted by atomic mass is 10.1. The molecule has 19 heavy (non-hydrogen) atoms. The van der Waals surface area contributed by atoms with E-state index < -0.39 is 0 Å². The molecular formula is C16H12N2O. The minimum atomic E-state index is -0.0860. The molecule has 1 aliphatic rings.